The molecule has 1 aromatic rings. The van der Waals surface area contributed by atoms with E-state index < -0.39 is 0 Å². The van der Waals surface area contributed by atoms with Gasteiger partial charge in [0.1, 0.15) is 0 Å². The van der Waals surface area contributed by atoms with Crippen molar-refractivity contribution in [2.45, 2.75) is 25.4 Å². The lowest BCUT2D eigenvalue weighted by molar-refractivity contribution is 0.185. The second-order valence-electron chi connectivity index (χ2n) is 4.57. The summed E-state index contributed by atoms with van der Waals surface area (Å²) in [6.45, 7) is 2.83. The van der Waals surface area contributed by atoms with Crippen LogP contribution in [0.15, 0.2) is 24.3 Å². The van der Waals surface area contributed by atoms with E-state index in [0.717, 1.165) is 10.6 Å². The second kappa shape index (κ2) is 8.05. The molecule has 0 aliphatic heterocycles. The first-order chi connectivity index (χ1) is 8.61. The van der Waals surface area contributed by atoms with Crippen molar-refractivity contribution in [3.63, 3.8) is 0 Å². The first kappa shape index (κ1) is 15.8. The van der Waals surface area contributed by atoms with E-state index in [0.29, 0.717) is 12.6 Å². The summed E-state index contributed by atoms with van der Waals surface area (Å²) in [6, 6.07) is 8.66. The van der Waals surface area contributed by atoms with Gasteiger partial charge in [-0.1, -0.05) is 29.8 Å². The molecule has 18 heavy (non-hydrogen) atoms. The topological polar surface area (TPSA) is 29.3 Å². The van der Waals surface area contributed by atoms with Crippen molar-refractivity contribution in [2.75, 3.05) is 25.6 Å². The summed E-state index contributed by atoms with van der Waals surface area (Å²) in [6.07, 6.45) is 3.31. The van der Waals surface area contributed by atoms with Gasteiger partial charge in [-0.3, -0.25) is 4.90 Å². The van der Waals surface area contributed by atoms with Crippen molar-refractivity contribution in [3.8, 4) is 0 Å². The number of hydrogen-bond acceptors (Lipinski definition) is 3. The SMILES string of the molecule is CSCCC(C)N(C)C(CN)c1ccccc1Cl. The molecule has 2 N–H and O–H groups in total. The number of hydrogen-bond donors (Lipinski definition) is 1. The Hall–Kier alpha value is -0.220. The van der Waals surface area contributed by atoms with Crippen molar-refractivity contribution < 1.29 is 0 Å². The van der Waals surface area contributed by atoms with E-state index in [1.165, 1.54) is 12.2 Å². The third-order valence-corrected chi connectivity index (χ3v) is 4.40. The van der Waals surface area contributed by atoms with Gasteiger partial charge in [0.25, 0.3) is 0 Å². The number of likely N-dealkylation sites (N-methyl/N-ethyl adjacent to an activating group) is 1. The minimum absolute atomic E-state index is 0.190. The highest BCUT2D eigenvalue weighted by Gasteiger charge is 2.21. The molecular formula is C14H23ClN2S. The van der Waals surface area contributed by atoms with Crippen LogP contribution in [0.5, 0.6) is 0 Å². The minimum atomic E-state index is 0.190. The number of thioether (sulfide) groups is 1. The van der Waals surface area contributed by atoms with Crippen molar-refractivity contribution in [3.05, 3.63) is 34.9 Å². The highest BCUT2D eigenvalue weighted by atomic mass is 35.5. The molecular weight excluding hydrogens is 264 g/mol. The average molecular weight is 287 g/mol. The lowest BCUT2D eigenvalue weighted by atomic mass is 10.0. The Morgan fingerprint density at radius 1 is 1.39 bits per heavy atom. The number of nitrogens with two attached hydrogens (primary N) is 1. The Bertz CT molecular complexity index is 359. The van der Waals surface area contributed by atoms with Gasteiger partial charge in [-0.2, -0.15) is 11.8 Å². The van der Waals surface area contributed by atoms with Gasteiger partial charge in [0.15, 0.2) is 0 Å². The third-order valence-electron chi connectivity index (χ3n) is 3.41. The van der Waals surface area contributed by atoms with Crippen molar-refractivity contribution in [1.82, 2.24) is 4.90 Å². The van der Waals surface area contributed by atoms with Gasteiger partial charge < -0.3 is 5.73 Å². The highest BCUT2D eigenvalue weighted by Crippen LogP contribution is 2.27. The fourth-order valence-corrected chi connectivity index (χ4v) is 2.90. The first-order valence-corrected chi connectivity index (χ1v) is 8.04. The predicted molar refractivity (Wildman–Crippen MR) is 83.5 cm³/mol. The van der Waals surface area contributed by atoms with Crippen molar-refractivity contribution in [2.24, 2.45) is 5.73 Å². The van der Waals surface area contributed by atoms with Crippen LogP contribution >= 0.6 is 23.4 Å². The lowest BCUT2D eigenvalue weighted by Crippen LogP contribution is -2.37. The van der Waals surface area contributed by atoms with E-state index in [9.17, 15) is 0 Å². The zero-order valence-electron chi connectivity index (χ0n) is 11.4. The fourth-order valence-electron chi connectivity index (χ4n) is 2.06. The normalized spacial score (nSPS) is 14.8. The van der Waals surface area contributed by atoms with Crippen molar-refractivity contribution >= 4 is 23.4 Å². The van der Waals surface area contributed by atoms with Crippen molar-refractivity contribution in [1.29, 1.82) is 0 Å². The van der Waals surface area contributed by atoms with Crippen LogP contribution in [0.3, 0.4) is 0 Å². The summed E-state index contributed by atoms with van der Waals surface area (Å²) in [5.74, 6) is 1.17. The summed E-state index contributed by atoms with van der Waals surface area (Å²) >= 11 is 8.15. The molecule has 0 aliphatic rings. The molecule has 102 valence electrons. The van der Waals surface area contributed by atoms with Crippen LogP contribution in [-0.4, -0.2) is 36.5 Å². The molecule has 1 rings (SSSR count). The molecule has 4 heteroatoms. The summed E-state index contributed by atoms with van der Waals surface area (Å²) in [7, 11) is 2.13. The maximum absolute atomic E-state index is 6.26. The number of halogens is 1. The van der Waals surface area contributed by atoms with E-state index in [2.05, 4.69) is 31.2 Å². The van der Waals surface area contributed by atoms with Crippen LogP contribution in [0.4, 0.5) is 0 Å². The van der Waals surface area contributed by atoms with Crippen LogP contribution in [-0.2, 0) is 0 Å². The molecule has 0 heterocycles. The van der Waals surface area contributed by atoms with Gasteiger partial charge in [0.2, 0.25) is 0 Å². The number of rotatable bonds is 7. The molecule has 0 radical (unpaired) electrons. The molecule has 2 nitrogen and oxygen atoms in total. The molecule has 0 amide bonds. The van der Waals surface area contributed by atoms with Crippen LogP contribution < -0.4 is 5.73 Å². The van der Waals surface area contributed by atoms with E-state index >= 15 is 0 Å². The quantitative estimate of drug-likeness (QED) is 0.833. The molecule has 1 aromatic carbocycles. The molecule has 2 unspecified atom stereocenters. The molecule has 0 saturated carbocycles. The van der Waals surface area contributed by atoms with Crippen LogP contribution in [0.2, 0.25) is 5.02 Å². The van der Waals surface area contributed by atoms with Gasteiger partial charge >= 0.3 is 0 Å². The highest BCUT2D eigenvalue weighted by molar-refractivity contribution is 7.98. The second-order valence-corrected chi connectivity index (χ2v) is 5.96. The Balaban J connectivity index is 2.80. The Morgan fingerprint density at radius 2 is 2.06 bits per heavy atom. The number of benzene rings is 1. The van der Waals surface area contributed by atoms with Crippen LogP contribution in [0.1, 0.15) is 24.9 Å². The Kier molecular flexibility index (Phi) is 7.08. The van der Waals surface area contributed by atoms with E-state index in [-0.39, 0.29) is 6.04 Å². The zero-order valence-corrected chi connectivity index (χ0v) is 13.0. The maximum atomic E-state index is 6.26. The van der Waals surface area contributed by atoms with E-state index in [1.54, 1.807) is 0 Å². The molecule has 0 bridgehead atoms. The van der Waals surface area contributed by atoms with Gasteiger partial charge in [-0.25, -0.2) is 0 Å². The molecule has 0 spiro atoms. The van der Waals surface area contributed by atoms with Gasteiger partial charge in [0.05, 0.1) is 0 Å². The largest absolute Gasteiger partial charge is 0.329 e. The maximum Gasteiger partial charge on any atom is 0.0484 e. The molecule has 0 saturated heterocycles. The monoisotopic (exact) mass is 286 g/mol. The minimum Gasteiger partial charge on any atom is -0.329 e. The predicted octanol–water partition coefficient (Wildman–Crippen LogP) is 3.41. The van der Waals surface area contributed by atoms with E-state index in [4.69, 9.17) is 17.3 Å². The fraction of sp³-hybridized carbons (Fsp3) is 0.571. The van der Waals surface area contributed by atoms with Crippen LogP contribution in [0, 0.1) is 0 Å². The van der Waals surface area contributed by atoms with E-state index in [1.807, 2.05) is 30.0 Å². The Morgan fingerprint density at radius 3 is 2.61 bits per heavy atom. The smallest absolute Gasteiger partial charge is 0.0484 e. The standard InChI is InChI=1S/C14H23ClN2S/c1-11(8-9-18-3)17(2)14(10-16)12-6-4-5-7-13(12)15/h4-7,11,14H,8-10,16H2,1-3H3. The molecule has 0 fully saturated rings. The van der Waals surface area contributed by atoms with Gasteiger partial charge in [0, 0.05) is 23.7 Å². The molecule has 0 aromatic heterocycles. The summed E-state index contributed by atoms with van der Waals surface area (Å²) in [4.78, 5) is 2.33. The molecule has 2 atom stereocenters. The lowest BCUT2D eigenvalue weighted by Gasteiger charge is -2.33. The third kappa shape index (κ3) is 4.16. The van der Waals surface area contributed by atoms with Crippen LogP contribution in [0.25, 0.3) is 0 Å². The summed E-state index contributed by atoms with van der Waals surface area (Å²) in [5, 5.41) is 0.803. The zero-order chi connectivity index (χ0) is 13.5. The summed E-state index contributed by atoms with van der Waals surface area (Å²) in [5.41, 5.74) is 7.06. The molecule has 0 aliphatic carbocycles. The van der Waals surface area contributed by atoms with Gasteiger partial charge in [-0.05, 0) is 44.0 Å². The number of nitrogens with zero attached hydrogens (tertiary/aromatic N) is 1. The Labute approximate surface area is 120 Å². The summed E-state index contributed by atoms with van der Waals surface area (Å²) < 4.78 is 0. The van der Waals surface area contributed by atoms with Gasteiger partial charge in [-0.15, -0.1) is 0 Å². The first-order valence-electron chi connectivity index (χ1n) is 6.27. The average Bonchev–Trinajstić information content (AvgIpc) is 2.38.